The molecule has 0 atom stereocenters. The summed E-state index contributed by atoms with van der Waals surface area (Å²) in [7, 11) is -9.31. The minimum absolute atomic E-state index is 0. The number of hydrogen-bond donors (Lipinski definition) is 5. The minimum Gasteiger partial charge on any atom is 0 e. The molecule has 0 saturated heterocycles. The Kier molecular flexibility index (Phi) is 30.2. The van der Waals surface area contributed by atoms with E-state index in [0.29, 0.717) is 0 Å². The van der Waals surface area contributed by atoms with Crippen molar-refractivity contribution < 1.29 is 56.2 Å². The summed E-state index contributed by atoms with van der Waals surface area (Å²) in [6, 6.07) is 0. The van der Waals surface area contributed by atoms with Gasteiger partial charge in [-0.3, -0.25) is 9.11 Å². The third-order valence-corrected chi connectivity index (χ3v) is 0. The van der Waals surface area contributed by atoms with Crippen LogP contribution in [0.4, 0.5) is 0 Å². The van der Waals surface area contributed by atoms with Crippen molar-refractivity contribution in [2.24, 2.45) is 0 Å². The quantitative estimate of drug-likeness (QED) is 0.173. The normalized spacial score (nSPS) is 9.00. The van der Waals surface area contributed by atoms with Crippen LogP contribution in [0.3, 0.4) is 0 Å². The van der Waals surface area contributed by atoms with E-state index in [1.807, 2.05) is 0 Å². The van der Waals surface area contributed by atoms with Crippen LogP contribution in [-0.4, -0.2) is 108 Å². The van der Waals surface area contributed by atoms with Gasteiger partial charge in [0.05, 0.1) is 0 Å². The second-order valence-corrected chi connectivity index (χ2v) is 2.88. The zero-order chi connectivity index (χ0) is 9.00. The van der Waals surface area contributed by atoms with Gasteiger partial charge in [-0.25, -0.2) is 4.57 Å². The van der Waals surface area contributed by atoms with Crippen LogP contribution in [0.1, 0.15) is 0 Å². The Balaban J connectivity index is -0.0000000267. The second-order valence-electron chi connectivity index (χ2n) is 0.961. The molecule has 13 heteroatoms. The first-order valence-electron chi connectivity index (χ1n) is 1.48. The molecule has 0 fully saturated rings. The molecular formula is H9Ca2O8PSZn. The third-order valence-electron chi connectivity index (χ3n) is 0. The summed E-state index contributed by atoms with van der Waals surface area (Å²) in [4.78, 5) is 21.6. The van der Waals surface area contributed by atoms with Crippen LogP contribution >= 0.6 is 7.82 Å². The summed E-state index contributed by atoms with van der Waals surface area (Å²) in [6.07, 6.45) is 0. The molecule has 0 aromatic rings. The Labute approximate surface area is 147 Å². The average Bonchev–Trinajstić information content (AvgIpc) is 1.12. The molecule has 74 valence electrons. The average molecular weight is 346 g/mol. The zero-order valence-electron chi connectivity index (χ0n) is 5.02. The second kappa shape index (κ2) is 13.2. The first-order valence-corrected chi connectivity index (χ1v) is 4.44. The van der Waals surface area contributed by atoms with Crippen molar-refractivity contribution in [1.82, 2.24) is 0 Å². The fraction of sp³-hybridized carbons (Fsp3) is 0. The topological polar surface area (TPSA) is 152 Å². The number of hydrogen-bond acceptors (Lipinski definition) is 3. The maximum absolute atomic E-state index is 8.88. The van der Waals surface area contributed by atoms with Gasteiger partial charge in [0.1, 0.15) is 0 Å². The van der Waals surface area contributed by atoms with Crippen molar-refractivity contribution in [3.63, 3.8) is 0 Å². The minimum atomic E-state index is -4.67. The smallest absolute Gasteiger partial charge is 0 e. The summed E-state index contributed by atoms with van der Waals surface area (Å²) in [5.41, 5.74) is 0. The predicted octanol–water partition coefficient (Wildman–Crippen LogP) is -3.42. The van der Waals surface area contributed by atoms with E-state index in [0.717, 1.165) is 0 Å². The Bertz CT molecular complexity index is 200. The molecule has 0 unspecified atom stereocenters. The molecule has 0 rings (SSSR count). The molecule has 0 aromatic heterocycles. The molecular weight excluding hydrogens is 337 g/mol. The first-order chi connectivity index (χ1) is 4.00. The van der Waals surface area contributed by atoms with Crippen LogP contribution < -0.4 is 0 Å². The monoisotopic (exact) mass is 344 g/mol. The van der Waals surface area contributed by atoms with Gasteiger partial charge in [0, 0.05) is 19.5 Å². The standard InChI is InChI=1S/2Ca.H3O4P.H2O4S.Zn.4H/c;;2*1-5(2,3)4;;;;;/h;;(H3,1,2,3,4);(H2,1,2,3,4);;;;;. The van der Waals surface area contributed by atoms with Crippen LogP contribution in [0.15, 0.2) is 0 Å². The van der Waals surface area contributed by atoms with Crippen molar-refractivity contribution in [3.8, 4) is 0 Å². The van der Waals surface area contributed by atoms with Gasteiger partial charge in [-0.05, 0) is 0 Å². The molecule has 13 heavy (non-hydrogen) atoms. The van der Waals surface area contributed by atoms with E-state index in [2.05, 4.69) is 0 Å². The molecule has 0 amide bonds. The molecule has 0 spiro atoms. The van der Waals surface area contributed by atoms with E-state index < -0.39 is 18.2 Å². The Morgan fingerprint density at radius 1 is 0.923 bits per heavy atom. The molecule has 0 aliphatic heterocycles. The summed E-state index contributed by atoms with van der Waals surface area (Å²) in [5.74, 6) is 0. The summed E-state index contributed by atoms with van der Waals surface area (Å²) < 4.78 is 40.5. The van der Waals surface area contributed by atoms with E-state index in [1.165, 1.54) is 0 Å². The molecule has 0 bridgehead atoms. The molecule has 0 aliphatic carbocycles. The van der Waals surface area contributed by atoms with Crippen molar-refractivity contribution in [2.45, 2.75) is 0 Å². The van der Waals surface area contributed by atoms with Crippen molar-refractivity contribution in [3.05, 3.63) is 0 Å². The zero-order valence-corrected chi connectivity index (χ0v) is 9.70. The van der Waals surface area contributed by atoms with Gasteiger partial charge in [0.15, 0.2) is 0 Å². The van der Waals surface area contributed by atoms with Crippen LogP contribution in [0.5, 0.6) is 0 Å². The van der Waals surface area contributed by atoms with Crippen LogP contribution in [0.2, 0.25) is 0 Å². The molecule has 5 N–H and O–H groups in total. The summed E-state index contributed by atoms with van der Waals surface area (Å²) in [6.45, 7) is 0. The van der Waals surface area contributed by atoms with Crippen molar-refractivity contribution >= 4 is 93.7 Å². The van der Waals surface area contributed by atoms with Crippen LogP contribution in [0.25, 0.3) is 0 Å². The number of phosphoric acid groups is 1. The van der Waals surface area contributed by atoms with Gasteiger partial charge in [0.25, 0.3) is 0 Å². The van der Waals surface area contributed by atoms with Crippen molar-refractivity contribution in [1.29, 1.82) is 0 Å². The Morgan fingerprint density at radius 3 is 0.923 bits per heavy atom. The van der Waals surface area contributed by atoms with Gasteiger partial charge >= 0.3 is 93.7 Å². The fourth-order valence-electron chi connectivity index (χ4n) is 0. The first kappa shape index (κ1) is 29.8. The van der Waals surface area contributed by atoms with Gasteiger partial charge < -0.3 is 14.7 Å². The van der Waals surface area contributed by atoms with E-state index in [1.54, 1.807) is 0 Å². The Morgan fingerprint density at radius 2 is 0.923 bits per heavy atom. The van der Waals surface area contributed by atoms with Gasteiger partial charge in [-0.2, -0.15) is 8.42 Å². The predicted molar refractivity (Wildman–Crippen MR) is 45.5 cm³/mol. The van der Waals surface area contributed by atoms with E-state index in [-0.39, 0.29) is 95.0 Å². The maximum atomic E-state index is 8.88. The molecule has 8 nitrogen and oxygen atoms in total. The van der Waals surface area contributed by atoms with Gasteiger partial charge in [-0.15, -0.1) is 0 Å². The summed E-state index contributed by atoms with van der Waals surface area (Å²) >= 11 is 0. The number of rotatable bonds is 0. The third kappa shape index (κ3) is 267. The largest absolute Gasteiger partial charge is 0 e. The van der Waals surface area contributed by atoms with Gasteiger partial charge in [0.2, 0.25) is 0 Å². The van der Waals surface area contributed by atoms with E-state index >= 15 is 0 Å². The molecule has 0 aliphatic rings. The maximum Gasteiger partial charge on any atom is 0 e. The Hall–Kier alpha value is 3.12. The van der Waals surface area contributed by atoms with Gasteiger partial charge in [-0.1, -0.05) is 0 Å². The fourth-order valence-corrected chi connectivity index (χ4v) is 0. The molecule has 0 aromatic carbocycles. The molecule has 0 radical (unpaired) electrons. The van der Waals surface area contributed by atoms with E-state index in [9.17, 15) is 0 Å². The molecule has 0 saturated carbocycles. The molecule has 0 heterocycles. The van der Waals surface area contributed by atoms with E-state index in [4.69, 9.17) is 36.8 Å². The SMILES string of the molecule is O=P(O)(O)O.O=S(=O)(O)O.[CaH2].[CaH2].[Zn]. The van der Waals surface area contributed by atoms with Crippen LogP contribution in [-0.2, 0) is 34.4 Å². The van der Waals surface area contributed by atoms with Crippen LogP contribution in [0, 0.1) is 0 Å². The summed E-state index contributed by atoms with van der Waals surface area (Å²) in [5, 5.41) is 0. The van der Waals surface area contributed by atoms with Crippen molar-refractivity contribution in [2.75, 3.05) is 0 Å².